The van der Waals surface area contributed by atoms with Gasteiger partial charge in [-0.15, -0.1) is 0 Å². The summed E-state index contributed by atoms with van der Waals surface area (Å²) in [6.07, 6.45) is 1.37. The van der Waals surface area contributed by atoms with Crippen molar-refractivity contribution in [3.8, 4) is 11.6 Å². The molecule has 4 amide bonds. The second-order valence-corrected chi connectivity index (χ2v) is 6.67. The Balaban J connectivity index is 1.38. The number of nitrogens with one attached hydrogen (secondary N) is 1. The van der Waals surface area contributed by atoms with E-state index in [9.17, 15) is 19.2 Å². The molecule has 1 aromatic heterocycles. The first-order chi connectivity index (χ1) is 14.9. The Morgan fingerprint density at radius 2 is 1.68 bits per heavy atom. The van der Waals surface area contributed by atoms with Crippen LogP contribution in [0.2, 0.25) is 0 Å². The number of nitrogens with two attached hydrogens (primary N) is 1. The molecular formula is C22H16N4O5. The molecule has 0 radical (unpaired) electrons. The van der Waals surface area contributed by atoms with Crippen molar-refractivity contribution in [1.29, 1.82) is 0 Å². The molecule has 2 heterocycles. The predicted molar refractivity (Wildman–Crippen MR) is 110 cm³/mol. The van der Waals surface area contributed by atoms with Crippen LogP contribution < -0.4 is 15.8 Å². The number of benzene rings is 2. The van der Waals surface area contributed by atoms with Crippen LogP contribution in [0, 0.1) is 0 Å². The minimum atomic E-state index is -0.575. The smallest absolute Gasteiger partial charge is 0.262 e. The Morgan fingerprint density at radius 1 is 0.968 bits per heavy atom. The van der Waals surface area contributed by atoms with Crippen molar-refractivity contribution in [2.45, 2.75) is 0 Å². The van der Waals surface area contributed by atoms with Gasteiger partial charge in [-0.1, -0.05) is 18.2 Å². The summed E-state index contributed by atoms with van der Waals surface area (Å²) in [7, 11) is 0. The number of carbonyl (C=O) groups is 4. The monoisotopic (exact) mass is 416 g/mol. The summed E-state index contributed by atoms with van der Waals surface area (Å²) in [5.74, 6) is -1.51. The summed E-state index contributed by atoms with van der Waals surface area (Å²) in [4.78, 5) is 53.3. The number of ether oxygens (including phenoxy) is 1. The third-order valence-electron chi connectivity index (χ3n) is 4.54. The lowest BCUT2D eigenvalue weighted by atomic mass is 10.1. The molecule has 9 heteroatoms. The Hall–Kier alpha value is -4.53. The molecule has 4 rings (SSSR count). The lowest BCUT2D eigenvalue weighted by Gasteiger charge is -2.13. The Labute approximate surface area is 176 Å². The van der Waals surface area contributed by atoms with Crippen LogP contribution in [0.15, 0.2) is 66.9 Å². The maximum Gasteiger partial charge on any atom is 0.262 e. The zero-order valence-corrected chi connectivity index (χ0v) is 16.1. The van der Waals surface area contributed by atoms with E-state index in [4.69, 9.17) is 10.5 Å². The molecule has 1 aliphatic rings. The van der Waals surface area contributed by atoms with E-state index >= 15 is 0 Å². The van der Waals surface area contributed by atoms with E-state index in [-0.39, 0.29) is 17.0 Å². The Kier molecular flexibility index (Phi) is 5.15. The maximum atomic E-state index is 12.3. The zero-order chi connectivity index (χ0) is 22.0. The molecule has 0 atom stereocenters. The van der Waals surface area contributed by atoms with Crippen LogP contribution in [0.4, 0.5) is 5.69 Å². The number of fused-ring (bicyclic) bond motifs is 1. The molecule has 0 saturated carbocycles. The van der Waals surface area contributed by atoms with Crippen LogP contribution >= 0.6 is 0 Å². The highest BCUT2D eigenvalue weighted by Crippen LogP contribution is 2.23. The second kappa shape index (κ2) is 8.07. The Morgan fingerprint density at radius 3 is 2.29 bits per heavy atom. The molecule has 0 fully saturated rings. The average molecular weight is 416 g/mol. The van der Waals surface area contributed by atoms with Crippen molar-refractivity contribution in [1.82, 2.24) is 9.88 Å². The van der Waals surface area contributed by atoms with Crippen LogP contribution in [0.1, 0.15) is 31.1 Å². The second-order valence-electron chi connectivity index (χ2n) is 6.67. The lowest BCUT2D eigenvalue weighted by Crippen LogP contribution is -2.37. The first-order valence-electron chi connectivity index (χ1n) is 9.21. The van der Waals surface area contributed by atoms with Crippen molar-refractivity contribution >= 4 is 29.3 Å². The highest BCUT2D eigenvalue weighted by Gasteiger charge is 2.36. The van der Waals surface area contributed by atoms with Gasteiger partial charge in [0.15, 0.2) is 0 Å². The van der Waals surface area contributed by atoms with E-state index in [1.165, 1.54) is 18.3 Å². The zero-order valence-electron chi connectivity index (χ0n) is 16.1. The van der Waals surface area contributed by atoms with Gasteiger partial charge in [-0.2, -0.15) is 0 Å². The first-order valence-corrected chi connectivity index (χ1v) is 9.21. The molecule has 31 heavy (non-hydrogen) atoms. The normalized spacial score (nSPS) is 12.5. The van der Waals surface area contributed by atoms with E-state index in [0.717, 1.165) is 4.90 Å². The highest BCUT2D eigenvalue weighted by molar-refractivity contribution is 6.22. The van der Waals surface area contributed by atoms with Crippen molar-refractivity contribution in [2.24, 2.45) is 5.73 Å². The van der Waals surface area contributed by atoms with Crippen LogP contribution in [-0.2, 0) is 4.79 Å². The fourth-order valence-corrected chi connectivity index (χ4v) is 3.08. The van der Waals surface area contributed by atoms with Crippen molar-refractivity contribution in [3.05, 3.63) is 83.6 Å². The molecule has 9 nitrogen and oxygen atoms in total. The summed E-state index contributed by atoms with van der Waals surface area (Å²) in [6.45, 7) is -0.412. The fraction of sp³-hybridized carbons (Fsp3) is 0.0455. The van der Waals surface area contributed by atoms with Gasteiger partial charge in [0.2, 0.25) is 17.7 Å². The van der Waals surface area contributed by atoms with Gasteiger partial charge in [-0.25, -0.2) is 4.98 Å². The van der Waals surface area contributed by atoms with Crippen LogP contribution in [0.3, 0.4) is 0 Å². The molecular weight excluding hydrogens is 400 g/mol. The van der Waals surface area contributed by atoms with E-state index in [1.54, 1.807) is 48.5 Å². The van der Waals surface area contributed by atoms with Gasteiger partial charge in [0.05, 0.1) is 23.0 Å². The number of amides is 4. The minimum absolute atomic E-state index is 0.236. The SMILES string of the molecule is NC(=O)c1cccc(Oc2ccc(NC(=O)CN3C(=O)c4ccccc4C3=O)cn2)c1. The molecule has 0 bridgehead atoms. The molecule has 2 aromatic carbocycles. The minimum Gasteiger partial charge on any atom is -0.439 e. The number of aromatic nitrogens is 1. The van der Waals surface area contributed by atoms with E-state index in [2.05, 4.69) is 10.3 Å². The standard InChI is InChI=1S/C22H16N4O5/c23-20(28)13-4-3-5-15(10-13)31-19-9-8-14(11-24-19)25-18(27)12-26-21(29)16-6-1-2-7-17(16)22(26)30/h1-11H,12H2,(H2,23,28)(H,25,27). The quantitative estimate of drug-likeness (QED) is 0.592. The van der Waals surface area contributed by atoms with Crippen molar-refractivity contribution < 1.29 is 23.9 Å². The molecule has 3 N–H and O–H groups in total. The molecule has 0 saturated heterocycles. The topological polar surface area (TPSA) is 132 Å². The summed E-state index contributed by atoms with van der Waals surface area (Å²) in [6, 6.07) is 15.8. The number of nitrogens with zero attached hydrogens (tertiary/aromatic N) is 2. The summed E-state index contributed by atoms with van der Waals surface area (Å²) >= 11 is 0. The molecule has 3 aromatic rings. The molecule has 0 unspecified atom stereocenters. The first kappa shape index (κ1) is 19.8. The van der Waals surface area contributed by atoms with Gasteiger partial charge < -0.3 is 15.8 Å². The van der Waals surface area contributed by atoms with E-state index < -0.39 is 30.2 Å². The van der Waals surface area contributed by atoms with Gasteiger partial charge in [-0.05, 0) is 36.4 Å². The van der Waals surface area contributed by atoms with Gasteiger partial charge in [0.1, 0.15) is 12.3 Å². The number of pyridine rings is 1. The van der Waals surface area contributed by atoms with Gasteiger partial charge >= 0.3 is 0 Å². The van der Waals surface area contributed by atoms with Gasteiger partial charge in [0, 0.05) is 11.6 Å². The number of hydrogen-bond acceptors (Lipinski definition) is 6. The number of imide groups is 1. The van der Waals surface area contributed by atoms with E-state index in [0.29, 0.717) is 17.0 Å². The number of rotatable bonds is 6. The highest BCUT2D eigenvalue weighted by atomic mass is 16.5. The van der Waals surface area contributed by atoms with Crippen molar-refractivity contribution in [3.63, 3.8) is 0 Å². The molecule has 0 spiro atoms. The number of anilines is 1. The lowest BCUT2D eigenvalue weighted by molar-refractivity contribution is -0.116. The number of hydrogen-bond donors (Lipinski definition) is 2. The average Bonchev–Trinajstić information content (AvgIpc) is 3.00. The Bertz CT molecular complexity index is 1170. The number of carbonyl (C=O) groups excluding carboxylic acids is 4. The summed E-state index contributed by atoms with van der Waals surface area (Å²) in [5, 5.41) is 2.59. The third kappa shape index (κ3) is 4.10. The summed E-state index contributed by atoms with van der Waals surface area (Å²) < 4.78 is 5.57. The van der Waals surface area contributed by atoms with Crippen LogP contribution in [0.5, 0.6) is 11.6 Å². The molecule has 154 valence electrons. The fourth-order valence-electron chi connectivity index (χ4n) is 3.08. The van der Waals surface area contributed by atoms with Crippen molar-refractivity contribution in [2.75, 3.05) is 11.9 Å². The third-order valence-corrected chi connectivity index (χ3v) is 4.54. The number of primary amides is 1. The molecule has 0 aliphatic carbocycles. The van der Waals surface area contributed by atoms with Gasteiger partial charge in [0.25, 0.3) is 11.8 Å². The van der Waals surface area contributed by atoms with Crippen LogP contribution in [0.25, 0.3) is 0 Å². The van der Waals surface area contributed by atoms with Gasteiger partial charge in [-0.3, -0.25) is 24.1 Å². The largest absolute Gasteiger partial charge is 0.439 e. The van der Waals surface area contributed by atoms with Crippen LogP contribution in [-0.4, -0.2) is 40.1 Å². The van der Waals surface area contributed by atoms with E-state index in [1.807, 2.05) is 0 Å². The maximum absolute atomic E-state index is 12.3. The molecule has 1 aliphatic heterocycles. The predicted octanol–water partition coefficient (Wildman–Crippen LogP) is 2.21. The summed E-state index contributed by atoms with van der Waals surface area (Å²) in [5.41, 5.74) is 6.47.